The molecule has 0 aliphatic carbocycles. The van der Waals surface area contributed by atoms with Crippen LogP contribution in [0, 0.1) is 0 Å². The van der Waals surface area contributed by atoms with Crippen LogP contribution in [0.4, 0.5) is 0 Å². The van der Waals surface area contributed by atoms with Gasteiger partial charge in [0.05, 0.1) is 63.3 Å². The summed E-state index contributed by atoms with van der Waals surface area (Å²) < 4.78 is 89.0. The lowest BCUT2D eigenvalue weighted by Gasteiger charge is -2.48. The van der Waals surface area contributed by atoms with E-state index in [1.165, 1.54) is 97.1 Å². The molecule has 120 heavy (non-hydrogen) atoms. The Labute approximate surface area is 689 Å². The molecule has 4 aliphatic rings. The molecule has 10 unspecified atom stereocenters. The fraction of sp³-hybridized carbons (Fsp3) is 0.276. The molecule has 13 rings (SSSR count). The van der Waals surface area contributed by atoms with Crippen molar-refractivity contribution in [3.8, 4) is 0 Å². The van der Waals surface area contributed by atoms with Gasteiger partial charge in [-0.3, -0.25) is 0 Å². The molecule has 9 aromatic rings. The molecule has 0 aromatic heterocycles. The van der Waals surface area contributed by atoms with Crippen LogP contribution in [0.25, 0.3) is 0 Å². The van der Waals surface area contributed by atoms with E-state index in [1.807, 2.05) is 6.07 Å². The second-order valence-electron chi connectivity index (χ2n) is 26.8. The summed E-state index contributed by atoms with van der Waals surface area (Å²) in [7, 11) is 0. The van der Waals surface area contributed by atoms with E-state index in [-0.39, 0.29) is 44.5 Å². The lowest BCUT2D eigenvalue weighted by Crippen LogP contribution is -2.67. The summed E-state index contributed by atoms with van der Waals surface area (Å²) in [4.78, 5) is 125. The minimum atomic E-state index is -2.13. The lowest BCUT2D eigenvalue weighted by atomic mass is 9.95. The maximum atomic E-state index is 14.7. The van der Waals surface area contributed by atoms with Crippen LogP contribution in [0.1, 0.15) is 93.2 Å². The van der Waals surface area contributed by atoms with Crippen LogP contribution < -0.4 is 0 Å². The molecule has 0 bridgehead atoms. The van der Waals surface area contributed by atoms with Crippen LogP contribution >= 0.6 is 11.9 Å². The first-order valence-corrected chi connectivity index (χ1v) is 37.6. The molecule has 4 saturated heterocycles. The molecule has 0 amide bonds. The van der Waals surface area contributed by atoms with E-state index in [4.69, 9.17) is 83.3 Å². The van der Waals surface area contributed by atoms with Gasteiger partial charge in [0.15, 0.2) is 43.3 Å². The predicted molar refractivity (Wildman–Crippen MR) is 412 cm³/mol. The van der Waals surface area contributed by atoms with Crippen molar-refractivity contribution in [1.29, 1.82) is 0 Å². The third kappa shape index (κ3) is 23.3. The number of rotatable bonds is 25. The topological polar surface area (TPSA) is 454 Å². The lowest BCUT2D eigenvalue weighted by molar-refractivity contribution is -0.355. The van der Waals surface area contributed by atoms with Gasteiger partial charge in [-0.05, 0) is 109 Å². The second kappa shape index (κ2) is 43.6. The molecule has 4 aliphatic heterocycles. The van der Waals surface area contributed by atoms with E-state index in [2.05, 4.69) is 4.29 Å². The fourth-order valence-corrected chi connectivity index (χ4v) is 12.7. The van der Waals surface area contributed by atoms with E-state index in [0.29, 0.717) is 5.56 Å². The Hall–Kier alpha value is -12.1. The molecule has 8 N–H and O–H groups in total. The molecule has 4 fully saturated rings. The van der Waals surface area contributed by atoms with E-state index in [9.17, 15) is 78.9 Å². The van der Waals surface area contributed by atoms with Gasteiger partial charge in [0.2, 0.25) is 12.4 Å². The molecule has 0 spiro atoms. The number of ether oxygens (including phenoxy) is 14. The molecular formula is C87H81ClO32. The van der Waals surface area contributed by atoms with Crippen LogP contribution in [0.15, 0.2) is 273 Å². The average Bonchev–Trinajstić information content (AvgIpc) is 0.762. The van der Waals surface area contributed by atoms with Crippen molar-refractivity contribution < 1.29 is 155 Å². The van der Waals surface area contributed by atoms with Crippen molar-refractivity contribution in [3.63, 3.8) is 0 Å². The summed E-state index contributed by atoms with van der Waals surface area (Å²) in [6.07, 6.45) is -35.0. The summed E-state index contributed by atoms with van der Waals surface area (Å²) >= 11 is 4.84. The van der Waals surface area contributed by atoms with Gasteiger partial charge in [0.25, 0.3) is 0 Å². The summed E-state index contributed by atoms with van der Waals surface area (Å²) in [6.45, 7) is -2.93. The zero-order chi connectivity index (χ0) is 85.2. The number of hydrogen-bond donors (Lipinski definition) is 8. The standard InChI is InChI=1S/C68H54O19.C12H22O11.C7H5ClO2/c69-59(43-25-9-1-10-26-43)77-41-51-53(81-61(71)45-29-13-3-14-30-45)55(82-62(72)46-31-15-4-16-32-46)57(84-64(74)48-35-19-6-20-36-48)67(79-51)86-54-52(42-78-60(70)44-27-11-2-12-28-44)80-68(87-66(76)50-39-23-8-24-40-50)58(85-65(75)49-37-21-7-22-38-49)56(54)83-63(73)47-33-17-5-18-34-47;13-1-3-5(15)6(16)9(19)12(22-3)23-10-4(2-14)21-11(20)8(18)7(10)17;8-10-7(9)6-4-2-1-3-5-6/h1-40,51-58,67-68H,41-42H2;3-20H,1-2H2;1-5H/t51?,52?,53-,54+,55-,56?,57?,58?,67-,68-;3?,4?,5-,6-,7?,8?,9?,10+,11+,12-;/m00./s1. The first-order chi connectivity index (χ1) is 58.1. The van der Waals surface area contributed by atoms with Gasteiger partial charge in [0, 0.05) is 0 Å². The van der Waals surface area contributed by atoms with E-state index in [0.717, 1.165) is 0 Å². The zero-order valence-corrected chi connectivity index (χ0v) is 63.9. The first kappa shape index (κ1) is 88.7. The Morgan fingerprint density at radius 3 is 0.875 bits per heavy atom. The van der Waals surface area contributed by atoms with Crippen molar-refractivity contribution >= 4 is 65.6 Å². The van der Waals surface area contributed by atoms with Crippen molar-refractivity contribution in [2.45, 2.75) is 123 Å². The molecule has 0 saturated carbocycles. The molecular weight excluding hydrogens is 1590 g/mol. The Morgan fingerprint density at radius 1 is 0.250 bits per heavy atom. The molecule has 20 atom stereocenters. The maximum Gasteiger partial charge on any atom is 0.356 e. The fourth-order valence-electron chi connectivity index (χ4n) is 12.6. The van der Waals surface area contributed by atoms with E-state index >= 15 is 0 Å². The van der Waals surface area contributed by atoms with E-state index in [1.54, 1.807) is 170 Å². The monoisotopic (exact) mass is 1670 g/mol. The number of carbonyl (C=O) groups is 9. The number of aliphatic hydroxyl groups excluding tert-OH is 8. The molecule has 32 nitrogen and oxygen atoms in total. The quantitative estimate of drug-likeness (QED) is 0.0236. The number of halogens is 1. The Balaban J connectivity index is 0.000000352. The van der Waals surface area contributed by atoms with Crippen LogP contribution in [0.5, 0.6) is 0 Å². The minimum absolute atomic E-state index is 0.00860. The first-order valence-electron chi connectivity index (χ1n) is 37.2. The van der Waals surface area contributed by atoms with Gasteiger partial charge in [-0.15, -0.1) is 0 Å². The van der Waals surface area contributed by atoms with Crippen molar-refractivity contribution in [3.05, 3.63) is 323 Å². The van der Waals surface area contributed by atoms with Crippen LogP contribution in [-0.4, -0.2) is 244 Å². The van der Waals surface area contributed by atoms with Gasteiger partial charge >= 0.3 is 53.7 Å². The highest BCUT2D eigenvalue weighted by Crippen LogP contribution is 2.38. The summed E-state index contributed by atoms with van der Waals surface area (Å²) in [5.41, 5.74) is 0.624. The molecule has 33 heteroatoms. The number of esters is 8. The normalized spacial score (nSPS) is 26.1. The summed E-state index contributed by atoms with van der Waals surface area (Å²) in [6, 6.07) is 70.2. The number of hydrogen-bond acceptors (Lipinski definition) is 32. The number of benzene rings is 9. The summed E-state index contributed by atoms with van der Waals surface area (Å²) in [5, 5.41) is 76.5. The molecule has 9 aromatic carbocycles. The van der Waals surface area contributed by atoms with Crippen LogP contribution in [0.3, 0.4) is 0 Å². The van der Waals surface area contributed by atoms with Crippen LogP contribution in [0.2, 0.25) is 0 Å². The van der Waals surface area contributed by atoms with Gasteiger partial charge in [0.1, 0.15) is 92.2 Å². The highest BCUT2D eigenvalue weighted by molar-refractivity contribution is 6.15. The van der Waals surface area contributed by atoms with Gasteiger partial charge in [-0.2, -0.15) is 0 Å². The zero-order valence-electron chi connectivity index (χ0n) is 63.1. The second-order valence-corrected chi connectivity index (χ2v) is 27.0. The predicted octanol–water partition coefficient (Wildman–Crippen LogP) is 6.12. The smallest absolute Gasteiger partial charge is 0.356 e. The largest absolute Gasteiger partial charge is 0.459 e. The van der Waals surface area contributed by atoms with E-state index < -0.39 is 203 Å². The van der Waals surface area contributed by atoms with Crippen molar-refractivity contribution in [1.82, 2.24) is 0 Å². The third-order valence-electron chi connectivity index (χ3n) is 18.8. The van der Waals surface area contributed by atoms with Crippen LogP contribution in [-0.2, 0) is 70.6 Å². The maximum absolute atomic E-state index is 14.7. The SMILES string of the molecule is O=C(OCC1O[C@@H](OC(=O)c2ccccc2)C(OC(=O)c2ccccc2)C(OC(=O)c2ccccc2)[C@@H]1O[C@@H]1OC(COC(=O)c2ccccc2)[C@H](OC(=O)c2ccccc2)[C@H](OC(=O)c2ccccc2)C1OC(=O)c1ccccc1)c1ccccc1.O=C(OCl)c1ccccc1.OCC1O[C@@H](O)C(O)C(O)[C@@H]1O[C@@H]1OC(CO)[C@H](O)[C@H](O)C1O. The molecule has 4 heterocycles. The Kier molecular flexibility index (Phi) is 32.2. The molecule has 628 valence electrons. The third-order valence-corrected chi connectivity index (χ3v) is 18.9. The average molecular weight is 1670 g/mol. The summed E-state index contributed by atoms with van der Waals surface area (Å²) in [5.74, 6) is -8.41. The Bertz CT molecular complexity index is 4780. The highest BCUT2D eigenvalue weighted by atomic mass is 35.5. The molecule has 0 radical (unpaired) electrons. The van der Waals surface area contributed by atoms with Gasteiger partial charge in [-0.1, -0.05) is 164 Å². The van der Waals surface area contributed by atoms with Gasteiger partial charge in [-0.25, -0.2) is 43.2 Å². The number of aliphatic hydroxyl groups is 8. The highest BCUT2D eigenvalue weighted by Gasteiger charge is 2.60. The van der Waals surface area contributed by atoms with Gasteiger partial charge < -0.3 is 111 Å². The Morgan fingerprint density at radius 2 is 0.525 bits per heavy atom. The number of carbonyl (C=O) groups excluding carboxylic acids is 9. The minimum Gasteiger partial charge on any atom is -0.459 e. The van der Waals surface area contributed by atoms with Crippen molar-refractivity contribution in [2.75, 3.05) is 26.4 Å². The van der Waals surface area contributed by atoms with Crippen molar-refractivity contribution in [2.24, 2.45) is 0 Å².